The molecular weight excluding hydrogens is 361 g/mol. The number of hydrogen-bond acceptors (Lipinski definition) is 4. The molecule has 2 atom stereocenters. The maximum absolute atomic E-state index is 13.2. The fraction of sp³-hybridized carbons (Fsp3) is 0.188. The summed E-state index contributed by atoms with van der Waals surface area (Å²) in [6, 6.07) is 14.7. The van der Waals surface area contributed by atoms with E-state index in [-0.39, 0.29) is 17.9 Å². The van der Waals surface area contributed by atoms with Gasteiger partial charge in [0.05, 0.1) is 12.1 Å². The Kier molecular flexibility index (Phi) is 3.57. The number of anilines is 1. The topological polar surface area (TPSA) is 55.6 Å². The molecule has 7 heteroatoms. The highest BCUT2D eigenvalue weighted by atomic mass is 79.9. The molecule has 2 aromatic carbocycles. The molecule has 5 nitrogen and oxygen atoms in total. The number of aromatic nitrogens is 4. The van der Waals surface area contributed by atoms with Crippen LogP contribution in [-0.2, 0) is 0 Å². The van der Waals surface area contributed by atoms with Gasteiger partial charge in [-0.25, -0.2) is 9.07 Å². The van der Waals surface area contributed by atoms with Gasteiger partial charge in [-0.05, 0) is 52.2 Å². The van der Waals surface area contributed by atoms with Gasteiger partial charge in [0.15, 0.2) is 0 Å². The molecule has 1 aliphatic heterocycles. The molecule has 0 aliphatic carbocycles. The molecule has 4 rings (SSSR count). The van der Waals surface area contributed by atoms with Crippen molar-refractivity contribution in [1.82, 2.24) is 20.2 Å². The van der Waals surface area contributed by atoms with Gasteiger partial charge in [0, 0.05) is 4.47 Å². The lowest BCUT2D eigenvalue weighted by molar-refractivity contribution is 0.423. The Morgan fingerprint density at radius 2 is 1.96 bits per heavy atom. The Hall–Kier alpha value is -2.28. The first-order valence-electron chi connectivity index (χ1n) is 7.26. The highest BCUT2D eigenvalue weighted by Gasteiger charge is 2.30. The van der Waals surface area contributed by atoms with E-state index in [0.29, 0.717) is 5.95 Å². The molecule has 0 radical (unpaired) electrons. The first-order chi connectivity index (χ1) is 11.2. The average molecular weight is 374 g/mol. The molecule has 0 amide bonds. The van der Waals surface area contributed by atoms with Gasteiger partial charge in [0.1, 0.15) is 5.82 Å². The third kappa shape index (κ3) is 2.72. The van der Waals surface area contributed by atoms with Crippen LogP contribution in [0.5, 0.6) is 0 Å². The fourth-order valence-electron chi connectivity index (χ4n) is 2.94. The van der Waals surface area contributed by atoms with Gasteiger partial charge in [-0.15, -0.1) is 0 Å². The van der Waals surface area contributed by atoms with Gasteiger partial charge in [0.25, 0.3) is 0 Å². The number of nitrogens with one attached hydrogen (secondary N) is 1. The minimum absolute atomic E-state index is 0.0363. The van der Waals surface area contributed by atoms with Gasteiger partial charge >= 0.3 is 0 Å². The maximum atomic E-state index is 13.2. The highest BCUT2D eigenvalue weighted by molar-refractivity contribution is 9.10. The maximum Gasteiger partial charge on any atom is 0.243 e. The molecule has 23 heavy (non-hydrogen) atoms. The van der Waals surface area contributed by atoms with E-state index in [1.165, 1.54) is 12.1 Å². The molecule has 0 saturated carbocycles. The Bertz CT molecular complexity index is 832. The monoisotopic (exact) mass is 373 g/mol. The van der Waals surface area contributed by atoms with E-state index in [4.69, 9.17) is 0 Å². The van der Waals surface area contributed by atoms with E-state index in [9.17, 15) is 4.39 Å². The number of benzene rings is 2. The lowest BCUT2D eigenvalue weighted by Crippen LogP contribution is -2.28. The lowest BCUT2D eigenvalue weighted by atomic mass is 9.93. The molecule has 1 aliphatic rings. The predicted octanol–water partition coefficient (Wildman–Crippen LogP) is 3.72. The first-order valence-corrected chi connectivity index (χ1v) is 8.05. The molecule has 0 fully saturated rings. The normalized spacial score (nSPS) is 19.9. The van der Waals surface area contributed by atoms with Crippen molar-refractivity contribution in [2.75, 3.05) is 5.32 Å². The van der Waals surface area contributed by atoms with Crippen LogP contribution >= 0.6 is 15.9 Å². The summed E-state index contributed by atoms with van der Waals surface area (Å²) >= 11 is 3.51. The summed E-state index contributed by atoms with van der Waals surface area (Å²) in [7, 11) is 0. The number of tetrazole rings is 1. The molecule has 116 valence electrons. The smallest absolute Gasteiger partial charge is 0.243 e. The van der Waals surface area contributed by atoms with Crippen molar-refractivity contribution >= 4 is 21.9 Å². The Labute approximate surface area is 140 Å². The van der Waals surface area contributed by atoms with Gasteiger partial charge < -0.3 is 5.32 Å². The van der Waals surface area contributed by atoms with E-state index >= 15 is 0 Å². The zero-order chi connectivity index (χ0) is 15.8. The average Bonchev–Trinajstić information content (AvgIpc) is 3.03. The van der Waals surface area contributed by atoms with Gasteiger partial charge in [0.2, 0.25) is 5.95 Å². The van der Waals surface area contributed by atoms with Gasteiger partial charge in [-0.2, -0.15) is 0 Å². The highest BCUT2D eigenvalue weighted by Crippen LogP contribution is 2.37. The Balaban J connectivity index is 1.73. The minimum Gasteiger partial charge on any atom is -0.346 e. The van der Waals surface area contributed by atoms with Crippen molar-refractivity contribution in [3.8, 4) is 0 Å². The van der Waals surface area contributed by atoms with Crippen LogP contribution in [0.1, 0.15) is 29.6 Å². The minimum atomic E-state index is -0.247. The number of nitrogens with zero attached hydrogens (tertiary/aromatic N) is 4. The van der Waals surface area contributed by atoms with Gasteiger partial charge in [-0.1, -0.05) is 45.3 Å². The number of halogens is 2. The van der Waals surface area contributed by atoms with E-state index in [2.05, 4.69) is 48.9 Å². The summed E-state index contributed by atoms with van der Waals surface area (Å²) in [5.41, 5.74) is 2.14. The van der Waals surface area contributed by atoms with Crippen LogP contribution in [0.15, 0.2) is 53.0 Å². The van der Waals surface area contributed by atoms with Crippen molar-refractivity contribution in [2.24, 2.45) is 0 Å². The van der Waals surface area contributed by atoms with E-state index in [1.54, 1.807) is 16.8 Å². The second kappa shape index (κ2) is 5.73. The zero-order valence-electron chi connectivity index (χ0n) is 12.0. The van der Waals surface area contributed by atoms with E-state index in [1.807, 2.05) is 12.1 Å². The van der Waals surface area contributed by atoms with Crippen molar-refractivity contribution in [1.29, 1.82) is 0 Å². The van der Waals surface area contributed by atoms with Crippen LogP contribution in [0, 0.1) is 5.82 Å². The van der Waals surface area contributed by atoms with Gasteiger partial charge in [-0.3, -0.25) is 0 Å². The van der Waals surface area contributed by atoms with Crippen molar-refractivity contribution in [2.45, 2.75) is 18.5 Å². The summed E-state index contributed by atoms with van der Waals surface area (Å²) in [6.07, 6.45) is 0.778. The largest absolute Gasteiger partial charge is 0.346 e. The molecule has 2 heterocycles. The third-order valence-corrected chi connectivity index (χ3v) is 4.55. The summed E-state index contributed by atoms with van der Waals surface area (Å²) in [5.74, 6) is 0.374. The molecule has 0 unspecified atom stereocenters. The molecule has 0 spiro atoms. The molecule has 1 aromatic heterocycles. The van der Waals surface area contributed by atoms with Crippen LogP contribution in [0.3, 0.4) is 0 Å². The molecule has 0 bridgehead atoms. The number of rotatable bonds is 2. The second-order valence-electron chi connectivity index (χ2n) is 5.50. The first kappa shape index (κ1) is 14.3. The SMILES string of the molecule is Fc1ccc([C@@H]2C[C@@H](c3cccc(Br)c3)Nc3nnnn32)cc1. The number of hydrogen-bond donors (Lipinski definition) is 1. The summed E-state index contributed by atoms with van der Waals surface area (Å²) in [5, 5.41) is 15.2. The van der Waals surface area contributed by atoms with Crippen LogP contribution < -0.4 is 5.32 Å². The van der Waals surface area contributed by atoms with E-state index in [0.717, 1.165) is 22.0 Å². The van der Waals surface area contributed by atoms with E-state index < -0.39 is 0 Å². The fourth-order valence-corrected chi connectivity index (χ4v) is 3.36. The summed E-state index contributed by atoms with van der Waals surface area (Å²) < 4.78 is 16.0. The van der Waals surface area contributed by atoms with Crippen molar-refractivity contribution in [3.63, 3.8) is 0 Å². The molecular formula is C16H13BrFN5. The summed E-state index contributed by atoms with van der Waals surface area (Å²) in [6.45, 7) is 0. The van der Waals surface area contributed by atoms with Crippen LogP contribution in [0.25, 0.3) is 0 Å². The van der Waals surface area contributed by atoms with Crippen LogP contribution in [-0.4, -0.2) is 20.2 Å². The zero-order valence-corrected chi connectivity index (χ0v) is 13.6. The summed E-state index contributed by atoms with van der Waals surface area (Å²) in [4.78, 5) is 0. The van der Waals surface area contributed by atoms with Crippen LogP contribution in [0.4, 0.5) is 10.3 Å². The quantitative estimate of drug-likeness (QED) is 0.743. The number of fused-ring (bicyclic) bond motifs is 1. The predicted molar refractivity (Wildman–Crippen MR) is 87.5 cm³/mol. The standard InChI is InChI=1S/C16H13BrFN5/c17-12-3-1-2-11(8-12)14-9-15(10-4-6-13(18)7-5-10)23-16(19-14)20-21-22-23/h1-8,14-15H,9H2,(H,19,20,22)/t14-,15-/m0/s1. The third-order valence-electron chi connectivity index (χ3n) is 4.06. The van der Waals surface area contributed by atoms with Crippen LogP contribution in [0.2, 0.25) is 0 Å². The molecule has 3 aromatic rings. The van der Waals surface area contributed by atoms with Crippen molar-refractivity contribution < 1.29 is 4.39 Å². The lowest BCUT2D eigenvalue weighted by Gasteiger charge is -2.31. The second-order valence-corrected chi connectivity index (χ2v) is 6.42. The Morgan fingerprint density at radius 3 is 2.74 bits per heavy atom. The molecule has 1 N–H and O–H groups in total. The van der Waals surface area contributed by atoms with Crippen molar-refractivity contribution in [3.05, 3.63) is 69.9 Å². The molecule has 0 saturated heterocycles. The Morgan fingerprint density at radius 1 is 1.13 bits per heavy atom.